The molecule has 0 aliphatic carbocycles. The van der Waals surface area contributed by atoms with Crippen LogP contribution in [0.15, 0.2) is 28.5 Å². The number of hydrogen-bond donors (Lipinski definition) is 2. The zero-order chi connectivity index (χ0) is 10.8. The summed E-state index contributed by atoms with van der Waals surface area (Å²) >= 11 is 13.3. The number of benzene rings is 1. The molecule has 78 valence electrons. The molecular formula is C8H6Cl2N4S. The number of aromatic nitrogens is 3. The predicted molar refractivity (Wildman–Crippen MR) is 61.4 cm³/mol. The van der Waals surface area contributed by atoms with Crippen molar-refractivity contribution in [2.75, 3.05) is 5.73 Å². The number of rotatable bonds is 2. The van der Waals surface area contributed by atoms with E-state index in [2.05, 4.69) is 15.2 Å². The van der Waals surface area contributed by atoms with Crippen LogP contribution in [0.2, 0.25) is 10.0 Å². The summed E-state index contributed by atoms with van der Waals surface area (Å²) in [7, 11) is 0. The normalized spacial score (nSPS) is 10.5. The van der Waals surface area contributed by atoms with E-state index >= 15 is 0 Å². The molecule has 4 nitrogen and oxygen atoms in total. The summed E-state index contributed by atoms with van der Waals surface area (Å²) < 4.78 is 0. The second-order valence-corrected chi connectivity index (χ2v) is 4.52. The van der Waals surface area contributed by atoms with Crippen LogP contribution in [0, 0.1) is 0 Å². The molecule has 0 fully saturated rings. The molecule has 1 heterocycles. The van der Waals surface area contributed by atoms with Crippen molar-refractivity contribution in [3.05, 3.63) is 28.5 Å². The molecule has 0 aliphatic heterocycles. The largest absolute Gasteiger partial charge is 0.399 e. The second kappa shape index (κ2) is 4.30. The molecule has 1 aromatic heterocycles. The third-order valence-corrected chi connectivity index (χ3v) is 3.47. The molecule has 0 bridgehead atoms. The van der Waals surface area contributed by atoms with E-state index in [1.165, 1.54) is 18.1 Å². The third-order valence-electron chi connectivity index (χ3n) is 1.61. The van der Waals surface area contributed by atoms with Crippen LogP contribution in [0.5, 0.6) is 0 Å². The van der Waals surface area contributed by atoms with Gasteiger partial charge >= 0.3 is 0 Å². The lowest BCUT2D eigenvalue weighted by Crippen LogP contribution is -1.87. The van der Waals surface area contributed by atoms with Crippen molar-refractivity contribution in [1.82, 2.24) is 15.2 Å². The van der Waals surface area contributed by atoms with Crippen LogP contribution in [0.25, 0.3) is 0 Å². The number of nitrogens with two attached hydrogens (primary N) is 1. The number of aromatic amines is 1. The molecule has 3 N–H and O–H groups in total. The SMILES string of the molecule is Nc1cc(Cl)c(Sc2ncn[nH]2)c(Cl)c1. The van der Waals surface area contributed by atoms with Gasteiger partial charge in [0.15, 0.2) is 5.16 Å². The van der Waals surface area contributed by atoms with Gasteiger partial charge in [-0.2, -0.15) is 5.10 Å². The number of halogens is 2. The van der Waals surface area contributed by atoms with Crippen molar-refractivity contribution >= 4 is 40.7 Å². The van der Waals surface area contributed by atoms with Crippen molar-refractivity contribution in [3.63, 3.8) is 0 Å². The average Bonchev–Trinajstić information content (AvgIpc) is 2.63. The first-order chi connectivity index (χ1) is 7.16. The molecule has 0 amide bonds. The zero-order valence-corrected chi connectivity index (χ0v) is 9.70. The van der Waals surface area contributed by atoms with Crippen molar-refractivity contribution in [3.8, 4) is 0 Å². The Hall–Kier alpha value is -0.910. The zero-order valence-electron chi connectivity index (χ0n) is 7.37. The summed E-state index contributed by atoms with van der Waals surface area (Å²) in [6.07, 6.45) is 1.42. The van der Waals surface area contributed by atoms with Crippen molar-refractivity contribution < 1.29 is 0 Å². The van der Waals surface area contributed by atoms with E-state index in [9.17, 15) is 0 Å². The minimum Gasteiger partial charge on any atom is -0.399 e. The number of anilines is 1. The summed E-state index contributed by atoms with van der Waals surface area (Å²) in [6, 6.07) is 3.29. The minimum absolute atomic E-state index is 0.501. The van der Waals surface area contributed by atoms with E-state index in [1.807, 2.05) is 0 Å². The highest BCUT2D eigenvalue weighted by Gasteiger charge is 2.10. The summed E-state index contributed by atoms with van der Waals surface area (Å²) in [6.45, 7) is 0. The van der Waals surface area contributed by atoms with Gasteiger partial charge in [0.1, 0.15) is 6.33 Å². The van der Waals surface area contributed by atoms with Gasteiger partial charge in [-0.1, -0.05) is 23.2 Å². The van der Waals surface area contributed by atoms with Gasteiger partial charge in [-0.15, -0.1) is 0 Å². The van der Waals surface area contributed by atoms with Crippen LogP contribution >= 0.6 is 35.0 Å². The average molecular weight is 261 g/mol. The molecule has 2 rings (SSSR count). The van der Waals surface area contributed by atoms with E-state index in [1.54, 1.807) is 12.1 Å². The van der Waals surface area contributed by atoms with Gasteiger partial charge in [0.25, 0.3) is 0 Å². The Balaban J connectivity index is 2.36. The summed E-state index contributed by atoms with van der Waals surface area (Å²) in [5, 5.41) is 8.07. The fourth-order valence-corrected chi connectivity index (χ4v) is 2.46. The van der Waals surface area contributed by atoms with Crippen LogP contribution in [-0.2, 0) is 0 Å². The van der Waals surface area contributed by atoms with Gasteiger partial charge in [0.2, 0.25) is 0 Å². The van der Waals surface area contributed by atoms with Crippen LogP contribution in [0.3, 0.4) is 0 Å². The number of nitrogen functional groups attached to an aromatic ring is 1. The Morgan fingerprint density at radius 1 is 1.27 bits per heavy atom. The van der Waals surface area contributed by atoms with E-state index in [-0.39, 0.29) is 0 Å². The van der Waals surface area contributed by atoms with Crippen LogP contribution in [0.1, 0.15) is 0 Å². The van der Waals surface area contributed by atoms with E-state index in [0.717, 1.165) is 0 Å². The van der Waals surface area contributed by atoms with Crippen LogP contribution in [0.4, 0.5) is 5.69 Å². The standard InChI is InChI=1S/C8H6Cl2N4S/c9-5-1-4(11)2-6(10)7(5)15-8-12-3-13-14-8/h1-3H,11H2,(H,12,13,14). The Labute approximate surface area is 100 Å². The topological polar surface area (TPSA) is 67.6 Å². The third kappa shape index (κ3) is 2.37. The van der Waals surface area contributed by atoms with E-state index in [0.29, 0.717) is 25.8 Å². The molecule has 0 radical (unpaired) electrons. The molecular weight excluding hydrogens is 255 g/mol. The number of H-pyrrole nitrogens is 1. The molecule has 15 heavy (non-hydrogen) atoms. The van der Waals surface area contributed by atoms with Crippen molar-refractivity contribution in [1.29, 1.82) is 0 Å². The first-order valence-electron chi connectivity index (χ1n) is 3.94. The van der Waals surface area contributed by atoms with Gasteiger partial charge in [0.05, 0.1) is 14.9 Å². The Morgan fingerprint density at radius 2 is 1.93 bits per heavy atom. The van der Waals surface area contributed by atoms with Gasteiger partial charge in [-0.25, -0.2) is 4.98 Å². The van der Waals surface area contributed by atoms with E-state index in [4.69, 9.17) is 28.9 Å². The molecule has 0 saturated carbocycles. The maximum Gasteiger partial charge on any atom is 0.188 e. The number of hydrogen-bond acceptors (Lipinski definition) is 4. The maximum absolute atomic E-state index is 6.00. The highest BCUT2D eigenvalue weighted by Crippen LogP contribution is 2.38. The van der Waals surface area contributed by atoms with Gasteiger partial charge < -0.3 is 5.73 Å². The highest BCUT2D eigenvalue weighted by atomic mass is 35.5. The lowest BCUT2D eigenvalue weighted by molar-refractivity contribution is 0.973. The smallest absolute Gasteiger partial charge is 0.188 e. The summed E-state index contributed by atoms with van der Waals surface area (Å²) in [4.78, 5) is 4.68. The Morgan fingerprint density at radius 3 is 2.47 bits per heavy atom. The van der Waals surface area contributed by atoms with Gasteiger partial charge in [-0.3, -0.25) is 5.10 Å². The Bertz CT molecular complexity index is 448. The fraction of sp³-hybridized carbons (Fsp3) is 0. The molecule has 0 atom stereocenters. The second-order valence-electron chi connectivity index (χ2n) is 2.71. The first-order valence-corrected chi connectivity index (χ1v) is 5.52. The predicted octanol–water partition coefficient (Wildman–Crippen LogP) is 2.84. The Kier molecular flexibility index (Phi) is 3.04. The van der Waals surface area contributed by atoms with Gasteiger partial charge in [0, 0.05) is 5.69 Å². The highest BCUT2D eigenvalue weighted by molar-refractivity contribution is 7.99. The molecule has 0 unspecified atom stereocenters. The first kappa shape index (κ1) is 10.6. The molecule has 1 aromatic carbocycles. The number of nitrogens with one attached hydrogen (secondary N) is 1. The fourth-order valence-electron chi connectivity index (χ4n) is 1.02. The van der Waals surface area contributed by atoms with Crippen LogP contribution < -0.4 is 5.73 Å². The number of nitrogens with zero attached hydrogens (tertiary/aromatic N) is 2. The quantitative estimate of drug-likeness (QED) is 0.815. The minimum atomic E-state index is 0.501. The lowest BCUT2D eigenvalue weighted by Gasteiger charge is -2.05. The van der Waals surface area contributed by atoms with Gasteiger partial charge in [-0.05, 0) is 23.9 Å². The summed E-state index contributed by atoms with van der Waals surface area (Å²) in [5.41, 5.74) is 6.12. The van der Waals surface area contributed by atoms with Crippen molar-refractivity contribution in [2.45, 2.75) is 10.1 Å². The molecule has 0 aliphatic rings. The lowest BCUT2D eigenvalue weighted by atomic mass is 10.3. The molecule has 7 heteroatoms. The maximum atomic E-state index is 6.00. The monoisotopic (exact) mass is 260 g/mol. The molecule has 2 aromatic rings. The summed E-state index contributed by atoms with van der Waals surface area (Å²) in [5.74, 6) is 0. The molecule has 0 spiro atoms. The molecule has 0 saturated heterocycles. The van der Waals surface area contributed by atoms with Crippen LogP contribution in [-0.4, -0.2) is 15.2 Å². The van der Waals surface area contributed by atoms with Crippen molar-refractivity contribution in [2.24, 2.45) is 0 Å². The van der Waals surface area contributed by atoms with E-state index < -0.39 is 0 Å².